The highest BCUT2D eigenvalue weighted by atomic mass is 35.5. The van der Waals surface area contributed by atoms with Crippen molar-refractivity contribution in [1.29, 1.82) is 0 Å². The zero-order valence-corrected chi connectivity index (χ0v) is 16.1. The number of anilines is 1. The van der Waals surface area contributed by atoms with Crippen LogP contribution in [0, 0.1) is 17.0 Å². The van der Waals surface area contributed by atoms with E-state index in [1.54, 1.807) is 37.3 Å². The highest BCUT2D eigenvalue weighted by Crippen LogP contribution is 2.40. The standard InChI is InChI=1S/C19H18Cl2N2O4/c1-12-2-4-14(11-17(12)23(25)26)22-18(24)19(6-8-27-9-7-19)15-5-3-13(20)10-16(15)21/h2-5,10-11H,6-9H2,1H3,(H,22,24). The fraction of sp³-hybridized carbons (Fsp3) is 0.316. The van der Waals surface area contributed by atoms with Gasteiger partial charge in [0, 0.05) is 40.6 Å². The van der Waals surface area contributed by atoms with Gasteiger partial charge in [0.05, 0.1) is 10.3 Å². The number of nitro groups is 1. The van der Waals surface area contributed by atoms with E-state index in [0.29, 0.717) is 52.9 Å². The summed E-state index contributed by atoms with van der Waals surface area (Å²) < 4.78 is 5.44. The predicted octanol–water partition coefficient (Wildman–Crippen LogP) is 4.90. The number of hydrogen-bond donors (Lipinski definition) is 1. The van der Waals surface area contributed by atoms with Crippen LogP contribution in [0.25, 0.3) is 0 Å². The van der Waals surface area contributed by atoms with E-state index in [1.165, 1.54) is 6.07 Å². The molecular weight excluding hydrogens is 391 g/mol. The van der Waals surface area contributed by atoms with Gasteiger partial charge in [0.25, 0.3) is 5.69 Å². The zero-order chi connectivity index (χ0) is 19.6. The number of nitrogens with zero attached hydrogens (tertiary/aromatic N) is 1. The largest absolute Gasteiger partial charge is 0.381 e. The topological polar surface area (TPSA) is 81.5 Å². The quantitative estimate of drug-likeness (QED) is 0.576. The number of carbonyl (C=O) groups excluding carboxylic acids is 1. The molecule has 1 aliphatic rings. The van der Waals surface area contributed by atoms with Crippen molar-refractivity contribution in [3.63, 3.8) is 0 Å². The van der Waals surface area contributed by atoms with Gasteiger partial charge in [-0.2, -0.15) is 0 Å². The Bertz CT molecular complexity index is 895. The molecule has 2 aromatic rings. The molecule has 0 aliphatic carbocycles. The Labute approximate surface area is 166 Å². The van der Waals surface area contributed by atoms with E-state index in [2.05, 4.69) is 5.32 Å². The molecule has 0 aromatic heterocycles. The van der Waals surface area contributed by atoms with Crippen LogP contribution >= 0.6 is 23.2 Å². The SMILES string of the molecule is Cc1ccc(NC(=O)C2(c3ccc(Cl)cc3Cl)CCOCC2)cc1[N+](=O)[O-]. The Morgan fingerprint density at radius 3 is 2.52 bits per heavy atom. The summed E-state index contributed by atoms with van der Waals surface area (Å²) in [5.74, 6) is -0.270. The van der Waals surface area contributed by atoms with Crippen LogP contribution in [0.2, 0.25) is 10.0 Å². The normalized spacial score (nSPS) is 16.0. The molecule has 1 heterocycles. The minimum atomic E-state index is -0.889. The third-order valence-corrected chi connectivity index (χ3v) is 5.44. The van der Waals surface area contributed by atoms with E-state index in [0.717, 1.165) is 0 Å². The van der Waals surface area contributed by atoms with Crippen LogP contribution in [0.5, 0.6) is 0 Å². The van der Waals surface area contributed by atoms with Gasteiger partial charge in [-0.05, 0) is 43.5 Å². The summed E-state index contributed by atoms with van der Waals surface area (Å²) >= 11 is 12.4. The molecule has 0 saturated carbocycles. The molecule has 1 aliphatic heterocycles. The second-order valence-electron chi connectivity index (χ2n) is 6.53. The first-order valence-electron chi connectivity index (χ1n) is 8.43. The molecule has 0 bridgehead atoms. The maximum Gasteiger partial charge on any atom is 0.274 e. The van der Waals surface area contributed by atoms with Crippen LogP contribution in [0.15, 0.2) is 36.4 Å². The van der Waals surface area contributed by atoms with Gasteiger partial charge in [-0.3, -0.25) is 14.9 Å². The van der Waals surface area contributed by atoms with Gasteiger partial charge in [-0.25, -0.2) is 0 Å². The van der Waals surface area contributed by atoms with Crippen molar-refractivity contribution in [2.75, 3.05) is 18.5 Å². The van der Waals surface area contributed by atoms with Crippen molar-refractivity contribution in [3.05, 3.63) is 67.7 Å². The van der Waals surface area contributed by atoms with Gasteiger partial charge in [0.1, 0.15) is 0 Å². The molecule has 6 nitrogen and oxygen atoms in total. The molecular formula is C19H18Cl2N2O4. The molecule has 0 unspecified atom stereocenters. The first kappa shape index (κ1) is 19.6. The Hall–Kier alpha value is -2.15. The second-order valence-corrected chi connectivity index (χ2v) is 7.37. The van der Waals surface area contributed by atoms with Crippen molar-refractivity contribution in [2.45, 2.75) is 25.2 Å². The monoisotopic (exact) mass is 408 g/mol. The van der Waals surface area contributed by atoms with Gasteiger partial charge in [0.15, 0.2) is 0 Å². The van der Waals surface area contributed by atoms with Gasteiger partial charge in [-0.1, -0.05) is 35.3 Å². The van der Waals surface area contributed by atoms with E-state index < -0.39 is 10.3 Å². The number of nitrogens with one attached hydrogen (secondary N) is 1. The lowest BCUT2D eigenvalue weighted by atomic mass is 9.73. The summed E-state index contributed by atoms with van der Waals surface area (Å²) in [6, 6.07) is 9.69. The molecule has 2 aromatic carbocycles. The summed E-state index contributed by atoms with van der Waals surface area (Å²) in [6.07, 6.45) is 0.905. The number of amides is 1. The lowest BCUT2D eigenvalue weighted by Crippen LogP contribution is -2.45. The van der Waals surface area contributed by atoms with Crippen LogP contribution < -0.4 is 5.32 Å². The van der Waals surface area contributed by atoms with Crippen LogP contribution in [-0.2, 0) is 14.9 Å². The molecule has 1 saturated heterocycles. The van der Waals surface area contributed by atoms with E-state index in [1.807, 2.05) is 0 Å². The zero-order valence-electron chi connectivity index (χ0n) is 14.6. The first-order chi connectivity index (χ1) is 12.8. The van der Waals surface area contributed by atoms with Crippen molar-refractivity contribution >= 4 is 40.5 Å². The molecule has 142 valence electrons. The Morgan fingerprint density at radius 2 is 1.89 bits per heavy atom. The number of rotatable bonds is 4. The molecule has 8 heteroatoms. The highest BCUT2D eigenvalue weighted by Gasteiger charge is 2.43. The summed E-state index contributed by atoms with van der Waals surface area (Å²) in [4.78, 5) is 24.0. The maximum absolute atomic E-state index is 13.3. The minimum absolute atomic E-state index is 0.0432. The number of carbonyl (C=O) groups is 1. The molecule has 0 atom stereocenters. The summed E-state index contributed by atoms with van der Waals surface area (Å²) in [5.41, 5.74) is 0.640. The number of hydrogen-bond acceptors (Lipinski definition) is 4. The maximum atomic E-state index is 13.3. The molecule has 0 spiro atoms. The van der Waals surface area contributed by atoms with Gasteiger partial charge in [0.2, 0.25) is 5.91 Å². The van der Waals surface area contributed by atoms with E-state index in [9.17, 15) is 14.9 Å². The lowest BCUT2D eigenvalue weighted by Gasteiger charge is -2.36. The van der Waals surface area contributed by atoms with E-state index in [4.69, 9.17) is 27.9 Å². The molecule has 1 amide bonds. The van der Waals surface area contributed by atoms with Gasteiger partial charge < -0.3 is 10.1 Å². The number of aryl methyl sites for hydroxylation is 1. The fourth-order valence-corrected chi connectivity index (χ4v) is 3.94. The van der Waals surface area contributed by atoms with Crippen molar-refractivity contribution in [2.24, 2.45) is 0 Å². The number of benzene rings is 2. The second kappa shape index (κ2) is 7.84. The Balaban J connectivity index is 1.97. The predicted molar refractivity (Wildman–Crippen MR) is 105 cm³/mol. The smallest absolute Gasteiger partial charge is 0.274 e. The minimum Gasteiger partial charge on any atom is -0.381 e. The number of nitro benzene ring substituents is 1. The summed E-state index contributed by atoms with van der Waals surface area (Å²) in [7, 11) is 0. The van der Waals surface area contributed by atoms with Crippen LogP contribution in [-0.4, -0.2) is 24.0 Å². The molecule has 1 fully saturated rings. The average molecular weight is 409 g/mol. The molecule has 1 N–H and O–H groups in total. The summed E-state index contributed by atoms with van der Waals surface area (Å²) in [5, 5.41) is 14.9. The lowest BCUT2D eigenvalue weighted by molar-refractivity contribution is -0.385. The van der Waals surface area contributed by atoms with Crippen LogP contribution in [0.1, 0.15) is 24.0 Å². The van der Waals surface area contributed by atoms with Crippen molar-refractivity contribution in [3.8, 4) is 0 Å². The summed E-state index contributed by atoms with van der Waals surface area (Å²) in [6.45, 7) is 2.48. The Kier molecular flexibility index (Phi) is 5.69. The third kappa shape index (κ3) is 3.93. The number of ether oxygens (including phenoxy) is 1. The van der Waals surface area contributed by atoms with Crippen molar-refractivity contribution < 1.29 is 14.5 Å². The van der Waals surface area contributed by atoms with Crippen molar-refractivity contribution in [1.82, 2.24) is 0 Å². The molecule has 3 rings (SSSR count). The number of halogens is 2. The average Bonchev–Trinajstić information content (AvgIpc) is 2.63. The van der Waals surface area contributed by atoms with Gasteiger partial charge >= 0.3 is 0 Å². The molecule has 27 heavy (non-hydrogen) atoms. The van der Waals surface area contributed by atoms with E-state index in [-0.39, 0.29) is 11.6 Å². The van der Waals surface area contributed by atoms with Crippen LogP contribution in [0.3, 0.4) is 0 Å². The fourth-order valence-electron chi connectivity index (χ4n) is 3.35. The first-order valence-corrected chi connectivity index (χ1v) is 9.19. The third-order valence-electron chi connectivity index (χ3n) is 4.89. The molecule has 0 radical (unpaired) electrons. The van der Waals surface area contributed by atoms with E-state index >= 15 is 0 Å². The van der Waals surface area contributed by atoms with Gasteiger partial charge in [-0.15, -0.1) is 0 Å². The Morgan fingerprint density at radius 1 is 1.19 bits per heavy atom. The highest BCUT2D eigenvalue weighted by molar-refractivity contribution is 6.35. The van der Waals surface area contributed by atoms with Crippen LogP contribution in [0.4, 0.5) is 11.4 Å².